The van der Waals surface area contributed by atoms with Crippen molar-refractivity contribution in [2.24, 2.45) is 0 Å². The average Bonchev–Trinajstić information content (AvgIpc) is 2.82. The number of nitrogens with one attached hydrogen (secondary N) is 1. The Kier molecular flexibility index (Phi) is 4.79. The standard InChI is InChI=1S/C16H26N2/c1-13-6-8-16(9-7-13)15(3)17-14(2)12-18-10-4-5-11-18/h6-9,14-15,17H,4-5,10-12H2,1-3H3. The Labute approximate surface area is 111 Å². The van der Waals surface area contributed by atoms with E-state index in [1.807, 2.05) is 0 Å². The summed E-state index contributed by atoms with van der Waals surface area (Å²) in [6, 6.07) is 9.84. The number of aryl methyl sites for hydroxylation is 1. The van der Waals surface area contributed by atoms with Crippen LogP contribution in [0.15, 0.2) is 24.3 Å². The Morgan fingerprint density at radius 1 is 1.11 bits per heavy atom. The average molecular weight is 246 g/mol. The van der Waals surface area contributed by atoms with E-state index in [4.69, 9.17) is 0 Å². The van der Waals surface area contributed by atoms with Crippen molar-refractivity contribution in [1.82, 2.24) is 10.2 Å². The van der Waals surface area contributed by atoms with Crippen molar-refractivity contribution >= 4 is 0 Å². The van der Waals surface area contributed by atoms with Gasteiger partial charge in [-0.2, -0.15) is 0 Å². The molecule has 1 aromatic carbocycles. The molecular weight excluding hydrogens is 220 g/mol. The van der Waals surface area contributed by atoms with Gasteiger partial charge >= 0.3 is 0 Å². The monoisotopic (exact) mass is 246 g/mol. The van der Waals surface area contributed by atoms with Crippen LogP contribution in [-0.2, 0) is 0 Å². The molecule has 18 heavy (non-hydrogen) atoms. The zero-order valence-corrected chi connectivity index (χ0v) is 11.9. The van der Waals surface area contributed by atoms with E-state index in [0.29, 0.717) is 12.1 Å². The fourth-order valence-electron chi connectivity index (χ4n) is 2.78. The van der Waals surface area contributed by atoms with E-state index in [-0.39, 0.29) is 0 Å². The van der Waals surface area contributed by atoms with E-state index in [1.165, 1.54) is 43.6 Å². The fraction of sp³-hybridized carbons (Fsp3) is 0.625. The molecule has 2 nitrogen and oxygen atoms in total. The van der Waals surface area contributed by atoms with Gasteiger partial charge in [0, 0.05) is 18.6 Å². The molecule has 1 saturated heterocycles. The molecule has 100 valence electrons. The second-order valence-corrected chi connectivity index (χ2v) is 5.71. The van der Waals surface area contributed by atoms with Crippen LogP contribution in [0.25, 0.3) is 0 Å². The maximum Gasteiger partial charge on any atom is 0.0294 e. The van der Waals surface area contributed by atoms with Crippen LogP contribution in [0, 0.1) is 6.92 Å². The summed E-state index contributed by atoms with van der Waals surface area (Å²) in [6.45, 7) is 10.4. The summed E-state index contributed by atoms with van der Waals surface area (Å²) in [5, 5.41) is 3.70. The predicted octanol–water partition coefficient (Wildman–Crippen LogP) is 3.13. The van der Waals surface area contributed by atoms with Crippen LogP contribution in [0.5, 0.6) is 0 Å². The zero-order valence-electron chi connectivity index (χ0n) is 11.9. The molecule has 1 aliphatic rings. The molecule has 1 aliphatic heterocycles. The van der Waals surface area contributed by atoms with Crippen molar-refractivity contribution in [3.05, 3.63) is 35.4 Å². The van der Waals surface area contributed by atoms with Crippen LogP contribution in [0.1, 0.15) is 43.9 Å². The first kappa shape index (κ1) is 13.6. The Morgan fingerprint density at radius 2 is 1.72 bits per heavy atom. The van der Waals surface area contributed by atoms with Crippen LogP contribution < -0.4 is 5.32 Å². The van der Waals surface area contributed by atoms with Crippen LogP contribution in [-0.4, -0.2) is 30.6 Å². The second-order valence-electron chi connectivity index (χ2n) is 5.71. The lowest BCUT2D eigenvalue weighted by atomic mass is 10.1. The number of rotatable bonds is 5. The first-order valence-electron chi connectivity index (χ1n) is 7.20. The predicted molar refractivity (Wildman–Crippen MR) is 77.9 cm³/mol. The van der Waals surface area contributed by atoms with Gasteiger partial charge in [-0.3, -0.25) is 0 Å². The van der Waals surface area contributed by atoms with Crippen LogP contribution in [0.2, 0.25) is 0 Å². The van der Waals surface area contributed by atoms with Crippen molar-refractivity contribution in [1.29, 1.82) is 0 Å². The molecule has 2 rings (SSSR count). The van der Waals surface area contributed by atoms with Crippen molar-refractivity contribution in [3.63, 3.8) is 0 Å². The third-order valence-corrected chi connectivity index (χ3v) is 3.84. The summed E-state index contributed by atoms with van der Waals surface area (Å²) >= 11 is 0. The molecule has 1 heterocycles. The van der Waals surface area contributed by atoms with E-state index in [0.717, 1.165) is 0 Å². The van der Waals surface area contributed by atoms with Gasteiger partial charge in [0.2, 0.25) is 0 Å². The van der Waals surface area contributed by atoms with Crippen molar-refractivity contribution in [2.75, 3.05) is 19.6 Å². The Balaban J connectivity index is 1.82. The van der Waals surface area contributed by atoms with E-state index in [2.05, 4.69) is 55.3 Å². The van der Waals surface area contributed by atoms with Gasteiger partial charge in [-0.15, -0.1) is 0 Å². The van der Waals surface area contributed by atoms with E-state index < -0.39 is 0 Å². The molecular formula is C16H26N2. The highest BCUT2D eigenvalue weighted by Gasteiger charge is 2.16. The van der Waals surface area contributed by atoms with E-state index >= 15 is 0 Å². The third-order valence-electron chi connectivity index (χ3n) is 3.84. The third kappa shape index (κ3) is 3.82. The van der Waals surface area contributed by atoms with Gasteiger partial charge in [-0.05, 0) is 52.3 Å². The Bertz CT molecular complexity index is 352. The van der Waals surface area contributed by atoms with Gasteiger partial charge in [0.1, 0.15) is 0 Å². The minimum Gasteiger partial charge on any atom is -0.306 e. The zero-order chi connectivity index (χ0) is 13.0. The summed E-state index contributed by atoms with van der Waals surface area (Å²) < 4.78 is 0. The van der Waals surface area contributed by atoms with Crippen molar-refractivity contribution < 1.29 is 0 Å². The summed E-state index contributed by atoms with van der Waals surface area (Å²) in [5.41, 5.74) is 2.71. The molecule has 1 fully saturated rings. The number of benzene rings is 1. The van der Waals surface area contributed by atoms with E-state index in [9.17, 15) is 0 Å². The number of hydrogen-bond donors (Lipinski definition) is 1. The van der Waals surface area contributed by atoms with E-state index in [1.54, 1.807) is 0 Å². The first-order chi connectivity index (χ1) is 8.65. The molecule has 0 amide bonds. The van der Waals surface area contributed by atoms with Crippen molar-refractivity contribution in [2.45, 2.75) is 45.7 Å². The van der Waals surface area contributed by atoms with Gasteiger partial charge in [0.05, 0.1) is 0 Å². The molecule has 2 atom stereocenters. The first-order valence-corrected chi connectivity index (χ1v) is 7.20. The highest BCUT2D eigenvalue weighted by molar-refractivity contribution is 5.23. The summed E-state index contributed by atoms with van der Waals surface area (Å²) in [5.74, 6) is 0. The lowest BCUT2D eigenvalue weighted by molar-refractivity contribution is 0.289. The summed E-state index contributed by atoms with van der Waals surface area (Å²) in [6.07, 6.45) is 2.75. The maximum absolute atomic E-state index is 3.70. The SMILES string of the molecule is Cc1ccc(C(C)NC(C)CN2CCCC2)cc1. The molecule has 0 spiro atoms. The lowest BCUT2D eigenvalue weighted by Crippen LogP contribution is -2.39. The molecule has 1 aromatic rings. The number of nitrogens with zero attached hydrogens (tertiary/aromatic N) is 1. The molecule has 0 aromatic heterocycles. The quantitative estimate of drug-likeness (QED) is 0.858. The minimum atomic E-state index is 0.434. The van der Waals surface area contributed by atoms with Gasteiger partial charge in [-0.25, -0.2) is 0 Å². The highest BCUT2D eigenvalue weighted by Crippen LogP contribution is 2.14. The molecule has 0 radical (unpaired) electrons. The number of hydrogen-bond acceptors (Lipinski definition) is 2. The van der Waals surface area contributed by atoms with Crippen LogP contribution >= 0.6 is 0 Å². The van der Waals surface area contributed by atoms with Crippen LogP contribution in [0.4, 0.5) is 0 Å². The highest BCUT2D eigenvalue weighted by atomic mass is 15.2. The normalized spacial score (nSPS) is 19.9. The molecule has 2 unspecified atom stereocenters. The molecule has 0 bridgehead atoms. The van der Waals surface area contributed by atoms with Crippen molar-refractivity contribution in [3.8, 4) is 0 Å². The molecule has 2 heteroatoms. The molecule has 0 saturated carbocycles. The number of likely N-dealkylation sites (tertiary alicyclic amines) is 1. The topological polar surface area (TPSA) is 15.3 Å². The maximum atomic E-state index is 3.70. The molecule has 0 aliphatic carbocycles. The van der Waals surface area contributed by atoms with Crippen LogP contribution in [0.3, 0.4) is 0 Å². The minimum absolute atomic E-state index is 0.434. The summed E-state index contributed by atoms with van der Waals surface area (Å²) in [4.78, 5) is 2.57. The van der Waals surface area contributed by atoms with Gasteiger partial charge < -0.3 is 10.2 Å². The van der Waals surface area contributed by atoms with Gasteiger partial charge in [0.25, 0.3) is 0 Å². The fourth-order valence-corrected chi connectivity index (χ4v) is 2.78. The van der Waals surface area contributed by atoms with Gasteiger partial charge in [0.15, 0.2) is 0 Å². The Hall–Kier alpha value is -0.860. The second kappa shape index (κ2) is 6.35. The lowest BCUT2D eigenvalue weighted by Gasteiger charge is -2.25. The molecule has 1 N–H and O–H groups in total. The Morgan fingerprint density at radius 3 is 2.33 bits per heavy atom. The smallest absolute Gasteiger partial charge is 0.0294 e. The summed E-state index contributed by atoms with van der Waals surface area (Å²) in [7, 11) is 0. The van der Waals surface area contributed by atoms with Gasteiger partial charge in [-0.1, -0.05) is 29.8 Å². The largest absolute Gasteiger partial charge is 0.306 e.